The van der Waals surface area contributed by atoms with Crippen LogP contribution < -0.4 is 16.4 Å². The highest BCUT2D eigenvalue weighted by Gasteiger charge is 2.42. The lowest BCUT2D eigenvalue weighted by molar-refractivity contribution is 0.0915. The molecule has 0 heterocycles. The molecule has 0 saturated heterocycles. The number of benzene rings is 1. The minimum absolute atomic E-state index is 0.0547. The Morgan fingerprint density at radius 2 is 1.91 bits per heavy atom. The van der Waals surface area contributed by atoms with E-state index >= 15 is 0 Å². The summed E-state index contributed by atoms with van der Waals surface area (Å²) in [5.74, 6) is 2.25. The highest BCUT2D eigenvalue weighted by Crippen LogP contribution is 2.49. The van der Waals surface area contributed by atoms with Gasteiger partial charge in [0.2, 0.25) is 0 Å². The number of anilines is 1. The van der Waals surface area contributed by atoms with E-state index < -0.39 is 6.03 Å². The average Bonchev–Trinajstić information content (AvgIpc) is 3.10. The summed E-state index contributed by atoms with van der Waals surface area (Å²) in [5.41, 5.74) is 6.25. The smallest absolute Gasteiger partial charge is 0.316 e. The van der Waals surface area contributed by atoms with Crippen LogP contribution in [0.3, 0.4) is 0 Å². The molecule has 0 spiro atoms. The normalized spacial score (nSPS) is 27.4. The number of fused-ring (bicyclic) bond motifs is 2. The molecule has 2 bridgehead atoms. The van der Waals surface area contributed by atoms with Crippen LogP contribution in [0.25, 0.3) is 0 Å². The third-order valence-corrected chi connectivity index (χ3v) is 5.21. The predicted octanol–water partition coefficient (Wildman–Crippen LogP) is 2.73. The van der Waals surface area contributed by atoms with E-state index in [1.807, 2.05) is 0 Å². The first kappa shape index (κ1) is 14.9. The third kappa shape index (κ3) is 3.08. The van der Waals surface area contributed by atoms with Crippen LogP contribution in [0.2, 0.25) is 0 Å². The van der Waals surface area contributed by atoms with Gasteiger partial charge in [0, 0.05) is 17.3 Å². The van der Waals surface area contributed by atoms with Gasteiger partial charge in [0.15, 0.2) is 0 Å². The Kier molecular flexibility index (Phi) is 4.05. The lowest BCUT2D eigenvalue weighted by Crippen LogP contribution is -2.40. The van der Waals surface area contributed by atoms with Crippen LogP contribution in [-0.2, 0) is 0 Å². The van der Waals surface area contributed by atoms with Crippen molar-refractivity contribution in [2.75, 3.05) is 5.32 Å². The number of hydrogen-bond donors (Lipinski definition) is 3. The van der Waals surface area contributed by atoms with Crippen molar-refractivity contribution in [3.8, 4) is 0 Å². The van der Waals surface area contributed by atoms with E-state index in [9.17, 15) is 9.59 Å². The Balaban J connectivity index is 1.58. The van der Waals surface area contributed by atoms with Gasteiger partial charge in [-0.05, 0) is 68.2 Å². The molecular formula is C17H23N3O2. The van der Waals surface area contributed by atoms with E-state index in [4.69, 9.17) is 5.73 Å². The van der Waals surface area contributed by atoms with Crippen molar-refractivity contribution in [2.45, 2.75) is 38.6 Å². The van der Waals surface area contributed by atoms with Gasteiger partial charge in [-0.15, -0.1) is 0 Å². The Bertz CT molecular complexity index is 570. The highest BCUT2D eigenvalue weighted by atomic mass is 16.2. The van der Waals surface area contributed by atoms with Gasteiger partial charge in [0.1, 0.15) is 0 Å². The molecule has 22 heavy (non-hydrogen) atoms. The van der Waals surface area contributed by atoms with Gasteiger partial charge in [-0.3, -0.25) is 4.79 Å². The Morgan fingerprint density at radius 1 is 1.18 bits per heavy atom. The Hall–Kier alpha value is -2.04. The number of rotatable bonds is 4. The van der Waals surface area contributed by atoms with Crippen molar-refractivity contribution in [1.82, 2.24) is 5.32 Å². The molecule has 0 radical (unpaired) electrons. The monoisotopic (exact) mass is 301 g/mol. The first-order valence-corrected chi connectivity index (χ1v) is 8.00. The lowest BCUT2D eigenvalue weighted by Gasteiger charge is -2.28. The Morgan fingerprint density at radius 3 is 2.45 bits per heavy atom. The molecule has 2 saturated carbocycles. The molecule has 5 nitrogen and oxygen atoms in total. The fraction of sp³-hybridized carbons (Fsp3) is 0.529. The zero-order chi connectivity index (χ0) is 15.7. The van der Waals surface area contributed by atoms with E-state index in [0.29, 0.717) is 17.2 Å². The molecule has 3 amide bonds. The fourth-order valence-corrected chi connectivity index (χ4v) is 4.15. The van der Waals surface area contributed by atoms with Crippen LogP contribution in [0, 0.1) is 17.8 Å². The number of nitrogens with one attached hydrogen (secondary N) is 2. The molecule has 4 unspecified atom stereocenters. The van der Waals surface area contributed by atoms with Crippen molar-refractivity contribution < 1.29 is 9.59 Å². The third-order valence-electron chi connectivity index (χ3n) is 5.21. The second kappa shape index (κ2) is 5.99. The van der Waals surface area contributed by atoms with Crippen molar-refractivity contribution in [2.24, 2.45) is 23.5 Å². The molecule has 2 aliphatic carbocycles. The molecule has 4 atom stereocenters. The summed E-state index contributed by atoms with van der Waals surface area (Å²) in [5, 5.41) is 5.61. The van der Waals surface area contributed by atoms with Crippen LogP contribution in [0.4, 0.5) is 10.5 Å². The average molecular weight is 301 g/mol. The topological polar surface area (TPSA) is 84.2 Å². The molecule has 5 heteroatoms. The lowest BCUT2D eigenvalue weighted by atomic mass is 9.84. The number of hydrogen-bond acceptors (Lipinski definition) is 2. The second-order valence-electron chi connectivity index (χ2n) is 6.67. The number of carbonyl (C=O) groups excluding carboxylic acids is 2. The van der Waals surface area contributed by atoms with Crippen molar-refractivity contribution in [1.29, 1.82) is 0 Å². The maximum absolute atomic E-state index is 12.3. The maximum atomic E-state index is 12.3. The van der Waals surface area contributed by atoms with E-state index in [1.54, 1.807) is 24.3 Å². The number of urea groups is 1. The summed E-state index contributed by atoms with van der Waals surface area (Å²) in [6.07, 6.45) is 5.30. The van der Waals surface area contributed by atoms with Crippen molar-refractivity contribution in [3.05, 3.63) is 29.8 Å². The van der Waals surface area contributed by atoms with Gasteiger partial charge in [0.25, 0.3) is 5.91 Å². The first-order valence-electron chi connectivity index (χ1n) is 8.00. The minimum atomic E-state index is -0.609. The summed E-state index contributed by atoms with van der Waals surface area (Å²) in [6.45, 7) is 2.12. The number of nitrogens with two attached hydrogens (primary N) is 1. The van der Waals surface area contributed by atoms with Crippen LogP contribution in [0.5, 0.6) is 0 Å². The second-order valence-corrected chi connectivity index (χ2v) is 6.67. The molecule has 1 aromatic rings. The summed E-state index contributed by atoms with van der Waals surface area (Å²) < 4.78 is 0. The molecule has 118 valence electrons. The molecule has 0 aromatic heterocycles. The van der Waals surface area contributed by atoms with Crippen LogP contribution >= 0.6 is 0 Å². The van der Waals surface area contributed by atoms with Crippen LogP contribution in [0.15, 0.2) is 24.3 Å². The SMILES string of the molecule is CC(NC(=O)c1ccc(NC(N)=O)cc1)C1CC2CCC1C2. The molecule has 2 fully saturated rings. The van der Waals surface area contributed by atoms with Gasteiger partial charge < -0.3 is 16.4 Å². The van der Waals surface area contributed by atoms with Crippen molar-refractivity contribution >= 4 is 17.6 Å². The summed E-state index contributed by atoms with van der Waals surface area (Å²) >= 11 is 0. The summed E-state index contributed by atoms with van der Waals surface area (Å²) in [6, 6.07) is 6.37. The molecule has 3 rings (SSSR count). The maximum Gasteiger partial charge on any atom is 0.316 e. The van der Waals surface area contributed by atoms with E-state index in [-0.39, 0.29) is 11.9 Å². The summed E-state index contributed by atoms with van der Waals surface area (Å²) in [4.78, 5) is 23.1. The minimum Gasteiger partial charge on any atom is -0.351 e. The van der Waals surface area contributed by atoms with Gasteiger partial charge in [-0.25, -0.2) is 4.79 Å². The predicted molar refractivity (Wildman–Crippen MR) is 85.5 cm³/mol. The quantitative estimate of drug-likeness (QED) is 0.799. The van der Waals surface area contributed by atoms with Gasteiger partial charge >= 0.3 is 6.03 Å². The first-order chi connectivity index (χ1) is 10.5. The van der Waals surface area contributed by atoms with Gasteiger partial charge in [0.05, 0.1) is 0 Å². The molecule has 0 aliphatic heterocycles. The van der Waals surface area contributed by atoms with E-state index in [0.717, 1.165) is 11.8 Å². The number of carbonyl (C=O) groups is 2. The molecule has 1 aromatic carbocycles. The highest BCUT2D eigenvalue weighted by molar-refractivity contribution is 5.95. The fourth-order valence-electron chi connectivity index (χ4n) is 4.15. The van der Waals surface area contributed by atoms with Crippen LogP contribution in [-0.4, -0.2) is 18.0 Å². The summed E-state index contributed by atoms with van der Waals surface area (Å²) in [7, 11) is 0. The molecule has 2 aliphatic rings. The standard InChI is InChI=1S/C17H23N3O2/c1-10(15-9-11-2-3-13(15)8-11)19-16(21)12-4-6-14(7-5-12)20-17(18)22/h4-7,10-11,13,15H,2-3,8-9H2,1H3,(H,19,21)(H3,18,20,22). The van der Waals surface area contributed by atoms with E-state index in [2.05, 4.69) is 17.6 Å². The van der Waals surface area contributed by atoms with Gasteiger partial charge in [-0.1, -0.05) is 6.42 Å². The molecule has 4 N–H and O–H groups in total. The zero-order valence-corrected chi connectivity index (χ0v) is 12.8. The van der Waals surface area contributed by atoms with Crippen LogP contribution in [0.1, 0.15) is 43.0 Å². The number of primary amides is 1. The largest absolute Gasteiger partial charge is 0.351 e. The van der Waals surface area contributed by atoms with E-state index in [1.165, 1.54) is 25.7 Å². The molecular weight excluding hydrogens is 278 g/mol. The Labute approximate surface area is 130 Å². The number of amides is 3. The zero-order valence-electron chi connectivity index (χ0n) is 12.8. The van der Waals surface area contributed by atoms with Gasteiger partial charge in [-0.2, -0.15) is 0 Å². The van der Waals surface area contributed by atoms with Crippen molar-refractivity contribution in [3.63, 3.8) is 0 Å².